The minimum Gasteiger partial charge on any atom is -0.267 e. The lowest BCUT2D eigenvalue weighted by atomic mass is 10.1. The third-order valence-electron chi connectivity index (χ3n) is 5.10. The van der Waals surface area contributed by atoms with Crippen LogP contribution in [0.25, 0.3) is 21.0 Å². The van der Waals surface area contributed by atoms with Crippen molar-refractivity contribution in [1.29, 1.82) is 0 Å². The van der Waals surface area contributed by atoms with Gasteiger partial charge < -0.3 is 0 Å². The number of carbonyl (C=O) groups excluding carboxylic acids is 2. The van der Waals surface area contributed by atoms with Gasteiger partial charge in [0.2, 0.25) is 0 Å². The minimum atomic E-state index is -0.606. The number of aromatic nitrogens is 4. The highest BCUT2D eigenvalue weighted by Gasteiger charge is 2.21. The number of rotatable bonds is 4. The second-order valence-electron chi connectivity index (χ2n) is 7.42. The molecular formula is C22H22N6O3S. The first-order valence-electron chi connectivity index (χ1n) is 10.2. The third-order valence-corrected chi connectivity index (χ3v) is 6.28. The molecule has 2 amide bonds. The van der Waals surface area contributed by atoms with Gasteiger partial charge in [-0.1, -0.05) is 25.1 Å². The van der Waals surface area contributed by atoms with E-state index in [0.717, 1.165) is 21.5 Å². The molecule has 32 heavy (non-hydrogen) atoms. The number of aryl methyl sites for hydroxylation is 4. The molecule has 0 atom stereocenters. The molecule has 0 aliphatic rings. The van der Waals surface area contributed by atoms with Gasteiger partial charge in [0.15, 0.2) is 5.69 Å². The van der Waals surface area contributed by atoms with Gasteiger partial charge >= 0.3 is 0 Å². The SMILES string of the molecule is CCCn1nc(C(=O)NNC(=O)c2sc3nc(C)nc(C)c3c2C)c2ccccc2c1=O. The van der Waals surface area contributed by atoms with E-state index in [2.05, 4.69) is 25.9 Å². The predicted molar refractivity (Wildman–Crippen MR) is 123 cm³/mol. The Hall–Kier alpha value is -3.66. The van der Waals surface area contributed by atoms with Crippen LogP contribution in [0.2, 0.25) is 0 Å². The van der Waals surface area contributed by atoms with E-state index in [4.69, 9.17) is 0 Å². The topological polar surface area (TPSA) is 119 Å². The molecule has 2 N–H and O–H groups in total. The summed E-state index contributed by atoms with van der Waals surface area (Å²) in [7, 11) is 0. The Kier molecular flexibility index (Phi) is 5.70. The first kappa shape index (κ1) is 21.6. The zero-order valence-corrected chi connectivity index (χ0v) is 19.0. The maximum Gasteiger partial charge on any atom is 0.290 e. The van der Waals surface area contributed by atoms with E-state index in [1.54, 1.807) is 31.2 Å². The molecule has 0 radical (unpaired) electrons. The lowest BCUT2D eigenvalue weighted by Crippen LogP contribution is -2.42. The minimum absolute atomic E-state index is 0.0688. The summed E-state index contributed by atoms with van der Waals surface area (Å²) in [5.41, 5.74) is 6.27. The highest BCUT2D eigenvalue weighted by atomic mass is 32.1. The molecule has 0 fully saturated rings. The Morgan fingerprint density at radius 2 is 1.72 bits per heavy atom. The monoisotopic (exact) mass is 450 g/mol. The molecule has 3 aromatic heterocycles. The summed E-state index contributed by atoms with van der Waals surface area (Å²) in [5.74, 6) is -0.427. The van der Waals surface area contributed by atoms with Gasteiger partial charge in [-0.3, -0.25) is 25.2 Å². The highest BCUT2D eigenvalue weighted by molar-refractivity contribution is 7.20. The normalized spacial score (nSPS) is 11.1. The number of hydrazine groups is 1. The van der Waals surface area contributed by atoms with Gasteiger partial charge in [-0.05, 0) is 38.8 Å². The zero-order valence-electron chi connectivity index (χ0n) is 18.1. The average Bonchev–Trinajstić information content (AvgIpc) is 3.10. The summed E-state index contributed by atoms with van der Waals surface area (Å²) in [5, 5.41) is 5.91. The van der Waals surface area contributed by atoms with Crippen LogP contribution in [0.3, 0.4) is 0 Å². The molecule has 0 aliphatic carbocycles. The summed E-state index contributed by atoms with van der Waals surface area (Å²) >= 11 is 1.25. The number of carbonyl (C=O) groups is 2. The van der Waals surface area contributed by atoms with Crippen molar-refractivity contribution in [2.24, 2.45) is 0 Å². The van der Waals surface area contributed by atoms with Crippen LogP contribution in [-0.2, 0) is 6.54 Å². The largest absolute Gasteiger partial charge is 0.290 e. The average molecular weight is 451 g/mol. The molecule has 0 saturated heterocycles. The van der Waals surface area contributed by atoms with Gasteiger partial charge in [0, 0.05) is 23.0 Å². The standard InChI is InChI=1S/C22H22N6O3S/c1-5-10-28-22(31)15-9-7-6-8-14(15)17(27-28)19(29)25-26-20(30)18-11(2)16-12(3)23-13(4)24-21(16)32-18/h6-9H,5,10H2,1-4H3,(H,25,29)(H,26,30). The maximum absolute atomic E-state index is 12.9. The van der Waals surface area contributed by atoms with E-state index in [-0.39, 0.29) is 11.3 Å². The molecule has 10 heteroatoms. The van der Waals surface area contributed by atoms with Crippen LogP contribution in [0.5, 0.6) is 0 Å². The molecule has 1 aromatic carbocycles. The number of thiophene rings is 1. The first-order valence-corrected chi connectivity index (χ1v) is 11.0. The smallest absolute Gasteiger partial charge is 0.267 e. The summed E-state index contributed by atoms with van der Waals surface area (Å²) in [4.78, 5) is 48.3. The number of hydrogen-bond donors (Lipinski definition) is 2. The maximum atomic E-state index is 12.9. The van der Waals surface area contributed by atoms with Crippen molar-refractivity contribution in [2.45, 2.75) is 40.7 Å². The second-order valence-corrected chi connectivity index (χ2v) is 8.42. The zero-order chi connectivity index (χ0) is 23.0. The van der Waals surface area contributed by atoms with Crippen LogP contribution in [0.15, 0.2) is 29.1 Å². The molecule has 9 nitrogen and oxygen atoms in total. The van der Waals surface area contributed by atoms with Gasteiger partial charge in [-0.25, -0.2) is 14.6 Å². The Bertz CT molecular complexity index is 1440. The molecule has 0 saturated carbocycles. The van der Waals surface area contributed by atoms with Crippen molar-refractivity contribution in [2.75, 3.05) is 0 Å². The van der Waals surface area contributed by atoms with E-state index in [9.17, 15) is 14.4 Å². The van der Waals surface area contributed by atoms with Crippen molar-refractivity contribution < 1.29 is 9.59 Å². The predicted octanol–water partition coefficient (Wildman–Crippen LogP) is 2.81. The molecule has 3 heterocycles. The van der Waals surface area contributed by atoms with E-state index < -0.39 is 11.8 Å². The lowest BCUT2D eigenvalue weighted by molar-refractivity contribution is 0.0845. The van der Waals surface area contributed by atoms with E-state index in [1.807, 2.05) is 20.8 Å². The van der Waals surface area contributed by atoms with Crippen molar-refractivity contribution in [3.8, 4) is 0 Å². The highest BCUT2D eigenvalue weighted by Crippen LogP contribution is 2.31. The van der Waals surface area contributed by atoms with Crippen molar-refractivity contribution in [1.82, 2.24) is 30.6 Å². The fraction of sp³-hybridized carbons (Fsp3) is 0.273. The van der Waals surface area contributed by atoms with Crippen LogP contribution in [0.4, 0.5) is 0 Å². The van der Waals surface area contributed by atoms with Crippen LogP contribution in [0.1, 0.15) is 50.6 Å². The molecule has 0 aliphatic heterocycles. The van der Waals surface area contributed by atoms with Crippen LogP contribution < -0.4 is 16.4 Å². The Morgan fingerprint density at radius 1 is 1.03 bits per heavy atom. The Morgan fingerprint density at radius 3 is 2.44 bits per heavy atom. The summed E-state index contributed by atoms with van der Waals surface area (Å²) < 4.78 is 1.28. The van der Waals surface area contributed by atoms with Crippen LogP contribution in [-0.4, -0.2) is 31.6 Å². The van der Waals surface area contributed by atoms with Gasteiger partial charge in [0.1, 0.15) is 10.7 Å². The van der Waals surface area contributed by atoms with Gasteiger partial charge in [-0.15, -0.1) is 11.3 Å². The molecule has 4 aromatic rings. The molecule has 0 bridgehead atoms. The molecule has 4 rings (SSSR count). The second kappa shape index (κ2) is 8.46. The third kappa shape index (κ3) is 3.73. The quantitative estimate of drug-likeness (QED) is 0.462. The number of hydrogen-bond acceptors (Lipinski definition) is 7. The van der Waals surface area contributed by atoms with Crippen molar-refractivity contribution in [3.63, 3.8) is 0 Å². The number of nitrogens with zero attached hydrogens (tertiary/aromatic N) is 4. The number of nitrogens with one attached hydrogen (secondary N) is 2. The van der Waals surface area contributed by atoms with E-state index in [0.29, 0.717) is 34.4 Å². The number of amides is 2. The van der Waals surface area contributed by atoms with Crippen molar-refractivity contribution in [3.05, 3.63) is 62.3 Å². The lowest BCUT2D eigenvalue weighted by Gasteiger charge is -2.11. The molecule has 0 unspecified atom stereocenters. The number of benzene rings is 1. The number of fused-ring (bicyclic) bond motifs is 2. The van der Waals surface area contributed by atoms with E-state index >= 15 is 0 Å². The Labute approximate surface area is 187 Å². The van der Waals surface area contributed by atoms with Crippen LogP contribution in [0, 0.1) is 20.8 Å². The van der Waals surface area contributed by atoms with Gasteiger partial charge in [0.05, 0.1) is 10.3 Å². The fourth-order valence-electron chi connectivity index (χ4n) is 3.69. The molecular weight excluding hydrogens is 428 g/mol. The van der Waals surface area contributed by atoms with Crippen molar-refractivity contribution >= 4 is 44.1 Å². The van der Waals surface area contributed by atoms with Crippen LogP contribution >= 0.6 is 11.3 Å². The molecule has 164 valence electrons. The Balaban J connectivity index is 1.63. The first-order chi connectivity index (χ1) is 15.3. The fourth-order valence-corrected chi connectivity index (χ4v) is 4.86. The van der Waals surface area contributed by atoms with E-state index in [1.165, 1.54) is 16.0 Å². The van der Waals surface area contributed by atoms with Gasteiger partial charge in [0.25, 0.3) is 17.4 Å². The summed E-state index contributed by atoms with van der Waals surface area (Å²) in [6.45, 7) is 7.82. The summed E-state index contributed by atoms with van der Waals surface area (Å²) in [6, 6.07) is 6.79. The summed E-state index contributed by atoms with van der Waals surface area (Å²) in [6.07, 6.45) is 0.691. The van der Waals surface area contributed by atoms with Gasteiger partial charge in [-0.2, -0.15) is 5.10 Å². The molecule has 0 spiro atoms.